The third-order valence-electron chi connectivity index (χ3n) is 0.908. The number of rotatable bonds is 4. The van der Waals surface area contributed by atoms with Gasteiger partial charge in [-0.25, -0.2) is 4.72 Å². The summed E-state index contributed by atoms with van der Waals surface area (Å²) in [5.74, 6) is 0. The van der Waals surface area contributed by atoms with Gasteiger partial charge in [-0.05, 0) is 6.42 Å². The summed E-state index contributed by atoms with van der Waals surface area (Å²) in [4.78, 5) is 0. The van der Waals surface area contributed by atoms with E-state index in [0.29, 0.717) is 6.42 Å². The maximum Gasteiger partial charge on any atom is 0.0671 e. The van der Waals surface area contributed by atoms with Gasteiger partial charge in [-0.3, -0.25) is 4.21 Å². The van der Waals surface area contributed by atoms with E-state index in [1.54, 1.807) is 6.92 Å². The minimum absolute atomic E-state index is 0.104. The van der Waals surface area contributed by atoms with Crippen LogP contribution in [-0.4, -0.2) is 26.5 Å². The highest BCUT2D eigenvalue weighted by Gasteiger charge is 1.97. The highest BCUT2D eigenvalue weighted by Crippen LogP contribution is 1.85. The predicted octanol–water partition coefficient (Wildman–Crippen LogP) is -0.859. The van der Waals surface area contributed by atoms with Crippen LogP contribution in [-0.2, 0) is 11.3 Å². The maximum atomic E-state index is 9.80. The van der Waals surface area contributed by atoms with Gasteiger partial charge in [0.1, 0.15) is 0 Å². The van der Waals surface area contributed by atoms with Crippen molar-refractivity contribution in [3.05, 3.63) is 0 Å². The van der Waals surface area contributed by atoms with Crippen molar-refractivity contribution in [3.8, 4) is 0 Å². The van der Waals surface area contributed by atoms with Crippen LogP contribution in [0.25, 0.3) is 0 Å². The Hall–Kier alpha value is 0.0300. The average Bonchev–Trinajstić information content (AvgIpc) is 1.83. The molecular formula is C4H10NO3S-. The molecule has 0 aliphatic heterocycles. The van der Waals surface area contributed by atoms with E-state index < -0.39 is 17.4 Å². The Morgan fingerprint density at radius 1 is 1.89 bits per heavy atom. The van der Waals surface area contributed by atoms with Gasteiger partial charge in [-0.2, -0.15) is 0 Å². The minimum atomic E-state index is -2.25. The zero-order valence-corrected chi connectivity index (χ0v) is 5.98. The molecule has 0 saturated carbocycles. The molecule has 0 aliphatic carbocycles. The molecule has 0 aliphatic rings. The quantitative estimate of drug-likeness (QED) is 0.515. The third kappa shape index (κ3) is 5.91. The van der Waals surface area contributed by atoms with E-state index in [4.69, 9.17) is 5.11 Å². The summed E-state index contributed by atoms with van der Waals surface area (Å²) in [5.41, 5.74) is 0. The van der Waals surface area contributed by atoms with Crippen LogP contribution in [0.2, 0.25) is 0 Å². The maximum absolute atomic E-state index is 9.80. The normalized spacial score (nSPS) is 17.2. The fourth-order valence-corrected chi connectivity index (χ4v) is 0.637. The minimum Gasteiger partial charge on any atom is -0.760 e. The number of nitrogens with one attached hydrogen (secondary N) is 1. The van der Waals surface area contributed by atoms with Crippen LogP contribution in [0.4, 0.5) is 0 Å². The fourth-order valence-electron chi connectivity index (χ4n) is 0.309. The van der Waals surface area contributed by atoms with Gasteiger partial charge in [0.15, 0.2) is 0 Å². The van der Waals surface area contributed by atoms with Gasteiger partial charge in [-0.15, -0.1) is 0 Å². The first kappa shape index (κ1) is 9.03. The molecule has 2 N–H and O–H groups in total. The Balaban J connectivity index is 3.16. The summed E-state index contributed by atoms with van der Waals surface area (Å²) in [6, 6.07) is 0. The first-order valence-corrected chi connectivity index (χ1v) is 3.75. The van der Waals surface area contributed by atoms with Gasteiger partial charge in [0.25, 0.3) is 0 Å². The molecule has 0 aromatic carbocycles. The number of hydrogen-bond acceptors (Lipinski definition) is 3. The molecule has 0 bridgehead atoms. The Labute approximate surface area is 56.7 Å². The molecular weight excluding hydrogens is 142 g/mol. The lowest BCUT2D eigenvalue weighted by molar-refractivity contribution is 0.174. The molecule has 0 radical (unpaired) electrons. The van der Waals surface area contributed by atoms with Crippen molar-refractivity contribution in [3.63, 3.8) is 0 Å². The summed E-state index contributed by atoms with van der Waals surface area (Å²) in [6.07, 6.45) is -0.00704. The molecule has 0 amide bonds. The molecule has 56 valence electrons. The van der Waals surface area contributed by atoms with E-state index in [1.165, 1.54) is 0 Å². The third-order valence-corrected chi connectivity index (χ3v) is 1.31. The smallest absolute Gasteiger partial charge is 0.0671 e. The van der Waals surface area contributed by atoms with E-state index in [0.717, 1.165) is 0 Å². The molecule has 4 nitrogen and oxygen atoms in total. The molecule has 0 spiro atoms. The van der Waals surface area contributed by atoms with Crippen molar-refractivity contribution in [2.24, 2.45) is 0 Å². The Morgan fingerprint density at radius 2 is 2.44 bits per heavy atom. The topological polar surface area (TPSA) is 72.4 Å². The Kier molecular flexibility index (Phi) is 4.88. The zero-order chi connectivity index (χ0) is 7.28. The molecule has 5 heteroatoms. The summed E-state index contributed by atoms with van der Waals surface area (Å²) in [7, 11) is 0. The zero-order valence-electron chi connectivity index (χ0n) is 5.16. The van der Waals surface area contributed by atoms with Crippen LogP contribution in [0.15, 0.2) is 0 Å². The van der Waals surface area contributed by atoms with E-state index in [9.17, 15) is 8.76 Å². The lowest BCUT2D eigenvalue weighted by Gasteiger charge is -2.10. The average molecular weight is 152 g/mol. The van der Waals surface area contributed by atoms with E-state index >= 15 is 0 Å². The molecule has 0 aromatic heterocycles. The Bertz CT molecular complexity index is 97.8. The SMILES string of the molecule is CCC(O)CNS(=O)[O-]. The summed E-state index contributed by atoms with van der Waals surface area (Å²) in [5, 5.41) is 8.77. The predicted molar refractivity (Wildman–Crippen MR) is 33.2 cm³/mol. The van der Waals surface area contributed by atoms with Crippen molar-refractivity contribution < 1.29 is 13.9 Å². The molecule has 2 unspecified atom stereocenters. The van der Waals surface area contributed by atoms with Crippen molar-refractivity contribution in [1.29, 1.82) is 0 Å². The highest BCUT2D eigenvalue weighted by molar-refractivity contribution is 7.77. The highest BCUT2D eigenvalue weighted by atomic mass is 32.2. The fraction of sp³-hybridized carbons (Fsp3) is 1.00. The molecule has 0 aromatic rings. The van der Waals surface area contributed by atoms with E-state index in [-0.39, 0.29) is 6.54 Å². The molecule has 0 rings (SSSR count). The van der Waals surface area contributed by atoms with Crippen LogP contribution < -0.4 is 4.72 Å². The van der Waals surface area contributed by atoms with Crippen LogP contribution in [0.5, 0.6) is 0 Å². The van der Waals surface area contributed by atoms with Crippen molar-refractivity contribution >= 4 is 11.3 Å². The summed E-state index contributed by atoms with van der Waals surface area (Å²) < 4.78 is 21.7. The van der Waals surface area contributed by atoms with Crippen LogP contribution in [0.3, 0.4) is 0 Å². The molecule has 9 heavy (non-hydrogen) atoms. The van der Waals surface area contributed by atoms with Gasteiger partial charge < -0.3 is 9.66 Å². The lowest BCUT2D eigenvalue weighted by Crippen LogP contribution is -2.27. The van der Waals surface area contributed by atoms with Gasteiger partial charge in [0.2, 0.25) is 0 Å². The van der Waals surface area contributed by atoms with Crippen molar-refractivity contribution in [2.45, 2.75) is 19.4 Å². The van der Waals surface area contributed by atoms with Crippen molar-refractivity contribution in [1.82, 2.24) is 4.72 Å². The van der Waals surface area contributed by atoms with Gasteiger partial charge in [-0.1, -0.05) is 6.92 Å². The van der Waals surface area contributed by atoms with Gasteiger partial charge >= 0.3 is 0 Å². The monoisotopic (exact) mass is 152 g/mol. The number of aliphatic hydroxyl groups is 1. The van der Waals surface area contributed by atoms with Crippen LogP contribution >= 0.6 is 0 Å². The molecule has 2 atom stereocenters. The Morgan fingerprint density at radius 3 is 2.78 bits per heavy atom. The van der Waals surface area contributed by atoms with Gasteiger partial charge in [0.05, 0.1) is 6.10 Å². The number of aliphatic hydroxyl groups excluding tert-OH is 1. The van der Waals surface area contributed by atoms with Gasteiger partial charge in [0, 0.05) is 17.8 Å². The summed E-state index contributed by atoms with van der Waals surface area (Å²) >= 11 is -2.25. The van der Waals surface area contributed by atoms with E-state index in [2.05, 4.69) is 4.72 Å². The second kappa shape index (κ2) is 4.87. The first-order valence-electron chi connectivity index (χ1n) is 2.67. The lowest BCUT2D eigenvalue weighted by atomic mass is 10.3. The number of hydrogen-bond donors (Lipinski definition) is 2. The second-order valence-corrected chi connectivity index (χ2v) is 2.40. The van der Waals surface area contributed by atoms with Crippen LogP contribution in [0.1, 0.15) is 13.3 Å². The second-order valence-electron chi connectivity index (χ2n) is 1.65. The van der Waals surface area contributed by atoms with E-state index in [1.807, 2.05) is 0 Å². The molecule has 0 saturated heterocycles. The standard InChI is InChI=1S/C4H11NO3S/c1-2-4(6)3-5-9(7)8/h4-6H,2-3H2,1H3,(H,7,8)/p-1. The van der Waals surface area contributed by atoms with Crippen LogP contribution in [0, 0.1) is 0 Å². The molecule has 0 fully saturated rings. The summed E-state index contributed by atoms with van der Waals surface area (Å²) in [6.45, 7) is 1.88. The first-order chi connectivity index (χ1) is 4.16. The molecule has 0 heterocycles. The largest absolute Gasteiger partial charge is 0.760 e. The van der Waals surface area contributed by atoms with Crippen molar-refractivity contribution in [2.75, 3.05) is 6.54 Å².